The summed E-state index contributed by atoms with van der Waals surface area (Å²) in [7, 11) is 0. The maximum Gasteiger partial charge on any atom is 0.234 e. The predicted octanol–water partition coefficient (Wildman–Crippen LogP) is 1.95. The smallest absolute Gasteiger partial charge is 0.234 e. The number of ether oxygens (including phenoxy) is 1. The molecule has 3 rings (SSSR count). The third kappa shape index (κ3) is 1.95. The van der Waals surface area contributed by atoms with E-state index in [0.717, 1.165) is 36.4 Å². The topological polar surface area (TPSA) is 64.4 Å². The molecule has 2 unspecified atom stereocenters. The number of nitrogens with two attached hydrogens (primary N) is 1. The van der Waals surface area contributed by atoms with Gasteiger partial charge >= 0.3 is 0 Å². The second kappa shape index (κ2) is 4.32. The fourth-order valence-electron chi connectivity index (χ4n) is 2.90. The van der Waals surface area contributed by atoms with E-state index < -0.39 is 5.41 Å². The van der Waals surface area contributed by atoms with Gasteiger partial charge in [-0.1, -0.05) is 12.1 Å². The molecule has 1 aromatic carbocycles. The molecule has 3 N–H and O–H groups in total. The molecule has 2 aliphatic rings. The van der Waals surface area contributed by atoms with E-state index in [1.807, 2.05) is 26.0 Å². The van der Waals surface area contributed by atoms with Crippen molar-refractivity contribution in [3.63, 3.8) is 0 Å². The molecule has 0 spiro atoms. The Balaban J connectivity index is 1.94. The summed E-state index contributed by atoms with van der Waals surface area (Å²) in [5.74, 6) is 0.434. The minimum Gasteiger partial charge on any atom is -0.381 e. The van der Waals surface area contributed by atoms with Gasteiger partial charge in [0.2, 0.25) is 5.91 Å². The molecule has 4 nitrogen and oxygen atoms in total. The highest BCUT2D eigenvalue weighted by molar-refractivity contribution is 6.05. The van der Waals surface area contributed by atoms with E-state index in [2.05, 4.69) is 11.4 Å². The van der Waals surface area contributed by atoms with Crippen LogP contribution in [0.4, 0.5) is 5.69 Å². The van der Waals surface area contributed by atoms with Crippen LogP contribution in [-0.2, 0) is 14.9 Å². The third-order valence-electron chi connectivity index (χ3n) is 4.39. The molecule has 0 aromatic heterocycles. The first-order chi connectivity index (χ1) is 9.00. The van der Waals surface area contributed by atoms with Gasteiger partial charge in [0.05, 0.1) is 12.0 Å². The number of nitrogens with one attached hydrogen (secondary N) is 1. The van der Waals surface area contributed by atoms with Crippen molar-refractivity contribution in [1.82, 2.24) is 0 Å². The van der Waals surface area contributed by atoms with Crippen molar-refractivity contribution < 1.29 is 9.53 Å². The van der Waals surface area contributed by atoms with Gasteiger partial charge in [-0.05, 0) is 37.5 Å². The Morgan fingerprint density at radius 1 is 1.47 bits per heavy atom. The monoisotopic (exact) mass is 260 g/mol. The quantitative estimate of drug-likeness (QED) is 0.854. The highest BCUT2D eigenvalue weighted by atomic mass is 16.5. The Hall–Kier alpha value is -1.39. The first-order valence-corrected chi connectivity index (χ1v) is 6.79. The Morgan fingerprint density at radius 2 is 2.26 bits per heavy atom. The number of rotatable bonds is 2. The van der Waals surface area contributed by atoms with E-state index in [1.54, 1.807) is 0 Å². The number of carbonyl (C=O) groups excluding carboxylic acids is 1. The minimum absolute atomic E-state index is 0.0145. The van der Waals surface area contributed by atoms with Crippen molar-refractivity contribution in [3.05, 3.63) is 29.3 Å². The molecule has 2 aliphatic heterocycles. The summed E-state index contributed by atoms with van der Waals surface area (Å²) >= 11 is 0. The van der Waals surface area contributed by atoms with E-state index >= 15 is 0 Å². The van der Waals surface area contributed by atoms with Crippen molar-refractivity contribution in [3.8, 4) is 0 Å². The Morgan fingerprint density at radius 3 is 2.95 bits per heavy atom. The molecule has 2 atom stereocenters. The van der Waals surface area contributed by atoms with Gasteiger partial charge in [-0.2, -0.15) is 0 Å². The van der Waals surface area contributed by atoms with Gasteiger partial charge in [0, 0.05) is 24.3 Å². The second-order valence-corrected chi connectivity index (χ2v) is 6.03. The minimum atomic E-state index is -0.475. The van der Waals surface area contributed by atoms with Gasteiger partial charge in [-0.25, -0.2) is 0 Å². The van der Waals surface area contributed by atoms with E-state index in [-0.39, 0.29) is 11.9 Å². The van der Waals surface area contributed by atoms with Crippen molar-refractivity contribution in [2.75, 3.05) is 18.5 Å². The van der Waals surface area contributed by atoms with Gasteiger partial charge in [-0.15, -0.1) is 0 Å². The largest absolute Gasteiger partial charge is 0.381 e. The normalized spacial score (nSPS) is 26.1. The van der Waals surface area contributed by atoms with Crippen LogP contribution in [0.15, 0.2) is 18.2 Å². The van der Waals surface area contributed by atoms with Crippen molar-refractivity contribution in [1.29, 1.82) is 0 Å². The van der Waals surface area contributed by atoms with E-state index in [0.29, 0.717) is 5.92 Å². The summed E-state index contributed by atoms with van der Waals surface area (Å²) < 4.78 is 5.40. The molecule has 0 saturated carbocycles. The molecule has 1 fully saturated rings. The Labute approximate surface area is 113 Å². The van der Waals surface area contributed by atoms with E-state index in [4.69, 9.17) is 10.5 Å². The lowest BCUT2D eigenvalue weighted by Gasteiger charge is -2.21. The van der Waals surface area contributed by atoms with Crippen LogP contribution >= 0.6 is 0 Å². The van der Waals surface area contributed by atoms with Crippen LogP contribution in [0.3, 0.4) is 0 Å². The summed E-state index contributed by atoms with van der Waals surface area (Å²) in [5.41, 5.74) is 8.91. The second-order valence-electron chi connectivity index (χ2n) is 6.03. The fourth-order valence-corrected chi connectivity index (χ4v) is 2.90. The molecule has 2 heterocycles. The van der Waals surface area contributed by atoms with Crippen LogP contribution in [0.5, 0.6) is 0 Å². The molecule has 19 heavy (non-hydrogen) atoms. The van der Waals surface area contributed by atoms with Gasteiger partial charge in [0.15, 0.2) is 0 Å². The van der Waals surface area contributed by atoms with Crippen molar-refractivity contribution in [2.45, 2.75) is 31.7 Å². The van der Waals surface area contributed by atoms with Crippen LogP contribution in [0.1, 0.15) is 37.4 Å². The van der Waals surface area contributed by atoms with E-state index in [1.165, 1.54) is 0 Å². The number of carbonyl (C=O) groups is 1. The predicted molar refractivity (Wildman–Crippen MR) is 74.0 cm³/mol. The lowest BCUT2D eigenvalue weighted by atomic mass is 9.83. The highest BCUT2D eigenvalue weighted by Crippen LogP contribution is 2.39. The SMILES string of the molecule is CC1(C)C(=O)Nc2ccc(C(N)C3CCOC3)cc21. The van der Waals surface area contributed by atoms with Crippen molar-refractivity contribution in [2.24, 2.45) is 11.7 Å². The van der Waals surface area contributed by atoms with Crippen LogP contribution in [0, 0.1) is 5.92 Å². The molecular weight excluding hydrogens is 240 g/mol. The molecule has 1 aromatic rings. The summed E-state index contributed by atoms with van der Waals surface area (Å²) in [5, 5.41) is 2.92. The first kappa shape index (κ1) is 12.6. The number of hydrogen-bond acceptors (Lipinski definition) is 3. The molecule has 0 aliphatic carbocycles. The molecule has 4 heteroatoms. The zero-order valence-electron chi connectivity index (χ0n) is 11.4. The Bertz CT molecular complexity index is 519. The highest BCUT2D eigenvalue weighted by Gasteiger charge is 2.38. The van der Waals surface area contributed by atoms with Crippen LogP contribution in [-0.4, -0.2) is 19.1 Å². The van der Waals surface area contributed by atoms with Gasteiger partial charge in [0.1, 0.15) is 0 Å². The fraction of sp³-hybridized carbons (Fsp3) is 0.533. The number of hydrogen-bond donors (Lipinski definition) is 2. The number of anilines is 1. The summed E-state index contributed by atoms with van der Waals surface area (Å²) in [6.07, 6.45) is 1.01. The number of amides is 1. The maximum atomic E-state index is 11.9. The molecule has 1 saturated heterocycles. The number of fused-ring (bicyclic) bond motifs is 1. The zero-order chi connectivity index (χ0) is 13.6. The van der Waals surface area contributed by atoms with E-state index in [9.17, 15) is 4.79 Å². The average molecular weight is 260 g/mol. The molecule has 0 radical (unpaired) electrons. The number of benzene rings is 1. The maximum absolute atomic E-state index is 11.9. The van der Waals surface area contributed by atoms with Gasteiger partial charge in [0.25, 0.3) is 0 Å². The molecular formula is C15H20N2O2. The van der Waals surface area contributed by atoms with Crippen LogP contribution in [0.25, 0.3) is 0 Å². The molecule has 0 bridgehead atoms. The summed E-state index contributed by atoms with van der Waals surface area (Å²) in [6.45, 7) is 5.43. The van der Waals surface area contributed by atoms with Crippen LogP contribution in [0.2, 0.25) is 0 Å². The van der Waals surface area contributed by atoms with Gasteiger partial charge in [-0.3, -0.25) is 4.79 Å². The standard InChI is InChI=1S/C15H20N2O2/c1-15(2)11-7-9(3-4-12(11)17-14(15)18)13(16)10-5-6-19-8-10/h3-4,7,10,13H,5-6,8,16H2,1-2H3,(H,17,18). The molecule has 1 amide bonds. The Kier molecular flexibility index (Phi) is 2.87. The molecule has 102 valence electrons. The average Bonchev–Trinajstić information content (AvgIpc) is 2.98. The van der Waals surface area contributed by atoms with Crippen LogP contribution < -0.4 is 11.1 Å². The summed E-state index contributed by atoms with van der Waals surface area (Å²) in [6, 6.07) is 6.05. The lowest BCUT2D eigenvalue weighted by Crippen LogP contribution is -2.27. The third-order valence-corrected chi connectivity index (χ3v) is 4.39. The van der Waals surface area contributed by atoms with Gasteiger partial charge < -0.3 is 15.8 Å². The summed E-state index contributed by atoms with van der Waals surface area (Å²) in [4.78, 5) is 11.9. The lowest BCUT2D eigenvalue weighted by molar-refractivity contribution is -0.119. The zero-order valence-corrected chi connectivity index (χ0v) is 11.4. The van der Waals surface area contributed by atoms with Crippen molar-refractivity contribution >= 4 is 11.6 Å². The first-order valence-electron chi connectivity index (χ1n) is 6.79.